The van der Waals surface area contributed by atoms with Gasteiger partial charge in [-0.05, 0) is 0 Å². The van der Waals surface area contributed by atoms with Crippen LogP contribution in [-0.2, 0) is 6.16 Å². The molecule has 1 heterocycles. The Hall–Kier alpha value is -2.54. The van der Waals surface area contributed by atoms with E-state index in [1.807, 2.05) is 30.3 Å². The average molecular weight is 391 g/mol. The van der Waals surface area contributed by atoms with Crippen molar-refractivity contribution in [3.63, 3.8) is 0 Å². The summed E-state index contributed by atoms with van der Waals surface area (Å²) in [5.74, 6) is -3.31. The predicted molar refractivity (Wildman–Crippen MR) is 117 cm³/mol. The number of aromatic nitrogens is 2. The molecule has 0 saturated carbocycles. The zero-order chi connectivity index (χ0) is 18.6. The molecule has 3 aromatic carbocycles. The SMILES string of the molecule is ClP(Cc1cccnn1)(c1ccccc1)(c1ccccc1)c1ccccc1. The summed E-state index contributed by atoms with van der Waals surface area (Å²) in [6, 6.07) is 35.2. The molecule has 4 aromatic rings. The minimum absolute atomic E-state index is 0.610. The fourth-order valence-corrected chi connectivity index (χ4v) is 9.64. The van der Waals surface area contributed by atoms with E-state index in [1.54, 1.807) is 6.20 Å². The maximum absolute atomic E-state index is 7.97. The molecule has 0 aliphatic carbocycles. The van der Waals surface area contributed by atoms with Gasteiger partial charge in [-0.2, -0.15) is 0 Å². The Kier molecular flexibility index (Phi) is 4.78. The van der Waals surface area contributed by atoms with Crippen LogP contribution in [0, 0.1) is 0 Å². The Bertz CT molecular complexity index is 910. The minimum atomic E-state index is -3.31. The van der Waals surface area contributed by atoms with E-state index >= 15 is 0 Å². The Morgan fingerprint density at radius 2 is 1.04 bits per heavy atom. The molecule has 0 bridgehead atoms. The van der Waals surface area contributed by atoms with Gasteiger partial charge in [0.15, 0.2) is 0 Å². The summed E-state index contributed by atoms with van der Waals surface area (Å²) in [5.41, 5.74) is 0.890. The first-order valence-electron chi connectivity index (χ1n) is 8.88. The van der Waals surface area contributed by atoms with E-state index in [4.69, 9.17) is 11.2 Å². The number of nitrogens with zero attached hydrogens (tertiary/aromatic N) is 2. The monoisotopic (exact) mass is 390 g/mol. The van der Waals surface area contributed by atoms with Gasteiger partial charge in [0.25, 0.3) is 0 Å². The van der Waals surface area contributed by atoms with Crippen LogP contribution >= 0.6 is 17.2 Å². The summed E-state index contributed by atoms with van der Waals surface area (Å²) in [4.78, 5) is 0. The van der Waals surface area contributed by atoms with Crippen LogP contribution in [0.15, 0.2) is 109 Å². The Balaban J connectivity index is 2.09. The van der Waals surface area contributed by atoms with E-state index in [0.717, 1.165) is 21.6 Å². The van der Waals surface area contributed by atoms with Crippen LogP contribution in [0.4, 0.5) is 0 Å². The van der Waals surface area contributed by atoms with Crippen molar-refractivity contribution in [3.8, 4) is 0 Å². The number of hydrogen-bond donors (Lipinski definition) is 0. The van der Waals surface area contributed by atoms with Crippen molar-refractivity contribution in [2.75, 3.05) is 0 Å². The summed E-state index contributed by atoms with van der Waals surface area (Å²) in [6.07, 6.45) is 2.30. The first-order chi connectivity index (χ1) is 13.2. The Labute approximate surface area is 164 Å². The third kappa shape index (κ3) is 3.06. The second-order valence-electron chi connectivity index (χ2n) is 6.56. The standard InChI is InChI=1S/C23H20ClN2P/c24-27(21-12-4-1-5-13-21,22-14-6-2-7-15-22,23-16-8-3-9-17-23)19-20-11-10-18-25-26-20/h1-18H,19H2. The van der Waals surface area contributed by atoms with Gasteiger partial charge in [0.2, 0.25) is 0 Å². The van der Waals surface area contributed by atoms with Crippen molar-refractivity contribution in [1.82, 2.24) is 10.2 Å². The molecule has 0 spiro atoms. The van der Waals surface area contributed by atoms with Crippen LogP contribution in [0.5, 0.6) is 0 Å². The number of benzene rings is 3. The second-order valence-corrected chi connectivity index (χ2v) is 13.0. The molecular formula is C23H20ClN2P. The van der Waals surface area contributed by atoms with Gasteiger partial charge in [-0.1, -0.05) is 0 Å². The summed E-state index contributed by atoms with van der Waals surface area (Å²) in [5, 5.41) is 11.9. The molecular weight excluding hydrogens is 371 g/mol. The van der Waals surface area contributed by atoms with Gasteiger partial charge in [0, 0.05) is 0 Å². The van der Waals surface area contributed by atoms with Crippen LogP contribution in [-0.4, -0.2) is 10.2 Å². The molecule has 0 radical (unpaired) electrons. The van der Waals surface area contributed by atoms with Crippen LogP contribution in [0.2, 0.25) is 0 Å². The summed E-state index contributed by atoms with van der Waals surface area (Å²) in [7, 11) is 0. The molecule has 0 atom stereocenters. The first-order valence-corrected chi connectivity index (χ1v) is 12.2. The van der Waals surface area contributed by atoms with E-state index in [2.05, 4.69) is 83.0 Å². The number of rotatable bonds is 5. The van der Waals surface area contributed by atoms with Crippen molar-refractivity contribution in [2.24, 2.45) is 0 Å². The van der Waals surface area contributed by atoms with Gasteiger partial charge in [-0.15, -0.1) is 0 Å². The second kappa shape index (κ2) is 7.23. The summed E-state index contributed by atoms with van der Waals surface area (Å²) < 4.78 is 0. The van der Waals surface area contributed by atoms with E-state index in [-0.39, 0.29) is 0 Å². The molecule has 27 heavy (non-hydrogen) atoms. The van der Waals surface area contributed by atoms with Crippen molar-refractivity contribution < 1.29 is 0 Å². The Morgan fingerprint density at radius 3 is 1.41 bits per heavy atom. The third-order valence-corrected chi connectivity index (χ3v) is 12.1. The number of hydrogen-bond acceptors (Lipinski definition) is 2. The molecule has 0 aliphatic heterocycles. The van der Waals surface area contributed by atoms with Crippen LogP contribution in [0.3, 0.4) is 0 Å². The maximum atomic E-state index is 7.97. The van der Waals surface area contributed by atoms with E-state index < -0.39 is 5.96 Å². The van der Waals surface area contributed by atoms with Crippen LogP contribution < -0.4 is 15.9 Å². The van der Waals surface area contributed by atoms with E-state index in [9.17, 15) is 0 Å². The normalized spacial score (nSPS) is 12.9. The molecule has 4 heteroatoms. The topological polar surface area (TPSA) is 25.8 Å². The van der Waals surface area contributed by atoms with Gasteiger partial charge in [-0.3, -0.25) is 0 Å². The summed E-state index contributed by atoms with van der Waals surface area (Å²) in [6.45, 7) is 0. The molecule has 2 nitrogen and oxygen atoms in total. The van der Waals surface area contributed by atoms with E-state index in [0.29, 0.717) is 6.16 Å². The molecule has 0 saturated heterocycles. The van der Waals surface area contributed by atoms with Crippen LogP contribution in [0.25, 0.3) is 0 Å². The molecule has 134 valence electrons. The fourth-order valence-electron chi connectivity index (χ4n) is 3.66. The van der Waals surface area contributed by atoms with Gasteiger partial charge in [0.1, 0.15) is 0 Å². The molecule has 0 amide bonds. The zero-order valence-corrected chi connectivity index (χ0v) is 16.5. The molecule has 0 N–H and O–H groups in total. The molecule has 0 unspecified atom stereocenters. The van der Waals surface area contributed by atoms with E-state index in [1.165, 1.54) is 0 Å². The quantitative estimate of drug-likeness (QED) is 0.463. The van der Waals surface area contributed by atoms with Crippen molar-refractivity contribution in [3.05, 3.63) is 115 Å². The van der Waals surface area contributed by atoms with Gasteiger partial charge in [-0.25, -0.2) is 0 Å². The van der Waals surface area contributed by atoms with Gasteiger partial charge >= 0.3 is 164 Å². The zero-order valence-electron chi connectivity index (χ0n) is 14.8. The number of halogens is 1. The van der Waals surface area contributed by atoms with Crippen LogP contribution in [0.1, 0.15) is 5.69 Å². The molecule has 0 aliphatic rings. The third-order valence-electron chi connectivity index (χ3n) is 4.97. The van der Waals surface area contributed by atoms with Crippen molar-refractivity contribution >= 4 is 33.1 Å². The van der Waals surface area contributed by atoms with Crippen molar-refractivity contribution in [2.45, 2.75) is 6.16 Å². The fraction of sp³-hybridized carbons (Fsp3) is 0.0435. The van der Waals surface area contributed by atoms with Crippen molar-refractivity contribution in [1.29, 1.82) is 0 Å². The van der Waals surface area contributed by atoms with Gasteiger partial charge in [0.05, 0.1) is 0 Å². The Morgan fingerprint density at radius 1 is 0.593 bits per heavy atom. The predicted octanol–water partition coefficient (Wildman–Crippen LogP) is 4.66. The average Bonchev–Trinajstić information content (AvgIpc) is 2.76. The van der Waals surface area contributed by atoms with Gasteiger partial charge < -0.3 is 0 Å². The molecule has 1 aromatic heterocycles. The molecule has 4 rings (SSSR count). The summed E-state index contributed by atoms with van der Waals surface area (Å²) >= 11 is 7.97. The molecule has 0 fully saturated rings. The first kappa shape index (κ1) is 17.9.